The van der Waals surface area contributed by atoms with Crippen LogP contribution in [0.4, 0.5) is 0 Å². The molecule has 29 heavy (non-hydrogen) atoms. The molecule has 1 aliphatic heterocycles. The van der Waals surface area contributed by atoms with Crippen molar-refractivity contribution in [1.29, 1.82) is 0 Å². The molecule has 0 radical (unpaired) electrons. The van der Waals surface area contributed by atoms with Crippen LogP contribution in [-0.2, 0) is 22.7 Å². The fourth-order valence-electron chi connectivity index (χ4n) is 3.34. The highest BCUT2D eigenvalue weighted by atomic mass is 16.5. The zero-order chi connectivity index (χ0) is 20.6. The van der Waals surface area contributed by atoms with Crippen LogP contribution in [0, 0.1) is 12.8 Å². The number of benzene rings is 1. The second-order valence-electron chi connectivity index (χ2n) is 7.55. The molecule has 1 aromatic heterocycles. The largest absolute Gasteiger partial charge is 0.477 e. The van der Waals surface area contributed by atoms with E-state index in [0.717, 1.165) is 24.0 Å². The summed E-state index contributed by atoms with van der Waals surface area (Å²) in [6.45, 7) is 6.09. The van der Waals surface area contributed by atoms with Crippen molar-refractivity contribution < 1.29 is 14.3 Å². The molecule has 1 unspecified atom stereocenters. The van der Waals surface area contributed by atoms with Gasteiger partial charge in [-0.2, -0.15) is 0 Å². The molecule has 154 valence electrons. The number of hydrogen-bond donors (Lipinski definition) is 1. The van der Waals surface area contributed by atoms with Crippen molar-refractivity contribution in [2.75, 3.05) is 13.2 Å². The van der Waals surface area contributed by atoms with Gasteiger partial charge in [-0.3, -0.25) is 9.59 Å². The Balaban J connectivity index is 1.52. The molecule has 0 aliphatic carbocycles. The molecule has 0 spiro atoms. The summed E-state index contributed by atoms with van der Waals surface area (Å²) in [5, 5.41) is 2.95. The van der Waals surface area contributed by atoms with Crippen LogP contribution in [0.1, 0.15) is 42.9 Å². The summed E-state index contributed by atoms with van der Waals surface area (Å²) in [7, 11) is 0. The van der Waals surface area contributed by atoms with Crippen LogP contribution in [-0.4, -0.2) is 34.8 Å². The third-order valence-corrected chi connectivity index (χ3v) is 5.12. The number of aromatic nitrogens is 1. The molecule has 6 heteroatoms. The summed E-state index contributed by atoms with van der Waals surface area (Å²) in [6.07, 6.45) is 3.95. The fourth-order valence-corrected chi connectivity index (χ4v) is 3.34. The third kappa shape index (κ3) is 5.79. The van der Waals surface area contributed by atoms with Crippen LogP contribution in [0.25, 0.3) is 0 Å². The normalized spacial score (nSPS) is 16.1. The Labute approximate surface area is 172 Å². The maximum absolute atomic E-state index is 12.6. The van der Waals surface area contributed by atoms with E-state index in [1.165, 1.54) is 5.56 Å². The summed E-state index contributed by atoms with van der Waals surface area (Å²) in [5.41, 5.74) is 3.11. The van der Waals surface area contributed by atoms with Gasteiger partial charge in [-0.1, -0.05) is 49.2 Å². The lowest BCUT2D eigenvalue weighted by atomic mass is 10.1. The van der Waals surface area contributed by atoms with Gasteiger partial charge < -0.3 is 15.0 Å². The van der Waals surface area contributed by atoms with Crippen LogP contribution in [0.15, 0.2) is 42.6 Å². The third-order valence-electron chi connectivity index (χ3n) is 5.12. The average Bonchev–Trinajstić information content (AvgIpc) is 3.09. The van der Waals surface area contributed by atoms with Gasteiger partial charge in [0.05, 0.1) is 12.5 Å². The first kappa shape index (κ1) is 20.8. The minimum absolute atomic E-state index is 0.0238. The summed E-state index contributed by atoms with van der Waals surface area (Å²) < 4.78 is 5.72. The Kier molecular flexibility index (Phi) is 7.22. The van der Waals surface area contributed by atoms with E-state index < -0.39 is 0 Å². The number of pyridine rings is 1. The van der Waals surface area contributed by atoms with Crippen molar-refractivity contribution in [2.24, 2.45) is 5.92 Å². The quantitative estimate of drug-likeness (QED) is 0.662. The van der Waals surface area contributed by atoms with Gasteiger partial charge in [0, 0.05) is 37.8 Å². The molecule has 2 amide bonds. The molecule has 3 rings (SSSR count). The van der Waals surface area contributed by atoms with Crippen molar-refractivity contribution in [3.8, 4) is 5.88 Å². The van der Waals surface area contributed by atoms with Crippen LogP contribution in [0.5, 0.6) is 5.88 Å². The van der Waals surface area contributed by atoms with Gasteiger partial charge in [0.15, 0.2) is 0 Å². The van der Waals surface area contributed by atoms with E-state index >= 15 is 0 Å². The number of rotatable bonds is 9. The van der Waals surface area contributed by atoms with Gasteiger partial charge in [0.1, 0.15) is 0 Å². The number of ether oxygens (including phenoxy) is 1. The van der Waals surface area contributed by atoms with Gasteiger partial charge in [0.2, 0.25) is 17.7 Å². The molecule has 1 fully saturated rings. The maximum atomic E-state index is 12.6. The van der Waals surface area contributed by atoms with E-state index in [0.29, 0.717) is 32.1 Å². The van der Waals surface area contributed by atoms with Crippen LogP contribution in [0.2, 0.25) is 0 Å². The molecule has 1 atom stereocenters. The van der Waals surface area contributed by atoms with E-state index in [-0.39, 0.29) is 24.2 Å². The predicted octanol–water partition coefficient (Wildman–Crippen LogP) is 3.23. The molecule has 2 heterocycles. The van der Waals surface area contributed by atoms with Gasteiger partial charge in [-0.05, 0) is 25.0 Å². The molecule has 1 saturated heterocycles. The van der Waals surface area contributed by atoms with E-state index in [4.69, 9.17) is 4.74 Å². The average molecular weight is 396 g/mol. The number of nitrogens with one attached hydrogen (secondary N) is 1. The maximum Gasteiger partial charge on any atom is 0.225 e. The zero-order valence-electron chi connectivity index (χ0n) is 17.2. The molecule has 1 aliphatic rings. The number of carbonyl (C=O) groups excluding carboxylic acids is 2. The minimum Gasteiger partial charge on any atom is -0.477 e. The van der Waals surface area contributed by atoms with Crippen molar-refractivity contribution in [2.45, 2.75) is 46.2 Å². The second-order valence-corrected chi connectivity index (χ2v) is 7.55. The van der Waals surface area contributed by atoms with E-state index in [1.54, 1.807) is 11.1 Å². The van der Waals surface area contributed by atoms with Gasteiger partial charge >= 0.3 is 0 Å². The van der Waals surface area contributed by atoms with Crippen molar-refractivity contribution in [3.05, 3.63) is 59.3 Å². The highest BCUT2D eigenvalue weighted by Crippen LogP contribution is 2.21. The van der Waals surface area contributed by atoms with Crippen molar-refractivity contribution >= 4 is 11.8 Å². The van der Waals surface area contributed by atoms with E-state index in [1.807, 2.05) is 43.3 Å². The number of carbonyl (C=O) groups is 2. The molecule has 0 saturated carbocycles. The molecule has 1 N–H and O–H groups in total. The summed E-state index contributed by atoms with van der Waals surface area (Å²) in [5.74, 6) is 0.155. The zero-order valence-corrected chi connectivity index (χ0v) is 17.2. The highest BCUT2D eigenvalue weighted by Gasteiger charge is 2.34. The predicted molar refractivity (Wildman–Crippen MR) is 111 cm³/mol. The number of nitrogens with zero attached hydrogens (tertiary/aromatic N) is 2. The fraction of sp³-hybridized carbons (Fsp3) is 0.435. The second kappa shape index (κ2) is 10.0. The van der Waals surface area contributed by atoms with E-state index in [2.05, 4.69) is 17.2 Å². The first-order chi connectivity index (χ1) is 14.1. The summed E-state index contributed by atoms with van der Waals surface area (Å²) in [6, 6.07) is 11.9. The first-order valence-corrected chi connectivity index (χ1v) is 10.2. The van der Waals surface area contributed by atoms with Crippen molar-refractivity contribution in [3.63, 3.8) is 0 Å². The Bertz CT molecular complexity index is 836. The molecule has 1 aromatic carbocycles. The molecule has 0 bridgehead atoms. The molecular formula is C23H29N3O3. The minimum atomic E-state index is -0.325. The number of unbranched alkanes of at least 4 members (excludes halogenated alkanes) is 1. The van der Waals surface area contributed by atoms with Crippen LogP contribution in [0.3, 0.4) is 0 Å². The van der Waals surface area contributed by atoms with E-state index in [9.17, 15) is 9.59 Å². The smallest absolute Gasteiger partial charge is 0.225 e. The topological polar surface area (TPSA) is 71.5 Å². The monoisotopic (exact) mass is 395 g/mol. The highest BCUT2D eigenvalue weighted by molar-refractivity contribution is 5.89. The molecule has 2 aromatic rings. The van der Waals surface area contributed by atoms with Crippen LogP contribution >= 0.6 is 0 Å². The Morgan fingerprint density at radius 1 is 1.28 bits per heavy atom. The van der Waals surface area contributed by atoms with Gasteiger partial charge in [0.25, 0.3) is 0 Å². The lowest BCUT2D eigenvalue weighted by Crippen LogP contribution is -2.32. The summed E-state index contributed by atoms with van der Waals surface area (Å²) in [4.78, 5) is 31.0. The van der Waals surface area contributed by atoms with Gasteiger partial charge in [-0.15, -0.1) is 0 Å². The Morgan fingerprint density at radius 3 is 2.83 bits per heavy atom. The standard InChI is InChI=1S/C23H29N3O3/c1-3-4-12-29-23-19(6-5-11-24-23)14-25-22(28)20-13-21(27)26(16-20)15-18-9-7-17(2)8-10-18/h5-11,20H,3-4,12-16H2,1-2H3,(H,25,28). The number of aryl methyl sites for hydroxylation is 1. The lowest BCUT2D eigenvalue weighted by Gasteiger charge is -2.17. The molecular weight excluding hydrogens is 366 g/mol. The molecule has 6 nitrogen and oxygen atoms in total. The Hall–Kier alpha value is -2.89. The van der Waals surface area contributed by atoms with Crippen molar-refractivity contribution in [1.82, 2.24) is 15.2 Å². The van der Waals surface area contributed by atoms with Crippen LogP contribution < -0.4 is 10.1 Å². The Morgan fingerprint density at radius 2 is 2.07 bits per heavy atom. The first-order valence-electron chi connectivity index (χ1n) is 10.2. The number of likely N-dealkylation sites (tertiary alicyclic amines) is 1. The van der Waals surface area contributed by atoms with Gasteiger partial charge in [-0.25, -0.2) is 4.98 Å². The number of hydrogen-bond acceptors (Lipinski definition) is 4. The lowest BCUT2D eigenvalue weighted by molar-refractivity contribution is -0.129. The SMILES string of the molecule is CCCCOc1ncccc1CNC(=O)C1CC(=O)N(Cc2ccc(C)cc2)C1. The summed E-state index contributed by atoms with van der Waals surface area (Å²) >= 11 is 0. The number of amides is 2.